The smallest absolute Gasteiger partial charge is 0.184 e. The van der Waals surface area contributed by atoms with Gasteiger partial charge in [0.25, 0.3) is 0 Å². The molecule has 1 fully saturated rings. The molecular weight excluding hydrogens is 446 g/mol. The van der Waals surface area contributed by atoms with Crippen LogP contribution in [0.4, 0.5) is 5.82 Å². The molecule has 0 amide bonds. The molecule has 5 rings (SSSR count). The van der Waals surface area contributed by atoms with Gasteiger partial charge < -0.3 is 4.90 Å². The molecule has 3 aromatic heterocycles. The zero-order valence-corrected chi connectivity index (χ0v) is 19.0. The van der Waals surface area contributed by atoms with Crippen molar-refractivity contribution in [3.05, 3.63) is 53.9 Å². The van der Waals surface area contributed by atoms with E-state index in [0.717, 1.165) is 45.4 Å². The van der Waals surface area contributed by atoms with Gasteiger partial charge in [0.2, 0.25) is 0 Å². The summed E-state index contributed by atoms with van der Waals surface area (Å²) in [4.78, 5) is 24.6. The van der Waals surface area contributed by atoms with Crippen LogP contribution >= 0.6 is 11.3 Å². The number of carbonyl (C=O) groups is 1. The summed E-state index contributed by atoms with van der Waals surface area (Å²) in [6.07, 6.45) is 7.75. The first-order chi connectivity index (χ1) is 15.4. The van der Waals surface area contributed by atoms with Gasteiger partial charge in [-0.2, -0.15) is 5.10 Å². The Hall–Kier alpha value is -3.11. The molecule has 32 heavy (non-hydrogen) atoms. The van der Waals surface area contributed by atoms with Gasteiger partial charge in [-0.1, -0.05) is 6.07 Å². The number of nitrogens with one attached hydrogen (secondary N) is 1. The topological polar surface area (TPSA) is 109 Å². The molecule has 0 aliphatic carbocycles. The Labute approximate surface area is 189 Å². The van der Waals surface area contributed by atoms with Gasteiger partial charge >= 0.3 is 0 Å². The number of nitrogens with zero attached hydrogens (tertiary/aromatic N) is 4. The lowest BCUT2D eigenvalue weighted by atomic mass is 9.91. The first-order valence-electron chi connectivity index (χ1n) is 10.2. The number of fused-ring (bicyclic) bond motifs is 1. The van der Waals surface area contributed by atoms with Crippen molar-refractivity contribution in [3.8, 4) is 11.1 Å². The van der Waals surface area contributed by atoms with Crippen LogP contribution in [0.5, 0.6) is 0 Å². The number of sulfone groups is 1. The first kappa shape index (κ1) is 20.8. The van der Waals surface area contributed by atoms with E-state index in [2.05, 4.69) is 31.1 Å². The third-order valence-corrected chi connectivity index (χ3v) is 8.72. The number of Topliss-reactive ketones (excluding diaryl/α,β-unsaturated/α-hetero) is 1. The molecule has 164 valence electrons. The maximum Gasteiger partial charge on any atom is 0.184 e. The number of aromatic nitrogens is 4. The van der Waals surface area contributed by atoms with Gasteiger partial charge in [-0.3, -0.25) is 9.89 Å². The van der Waals surface area contributed by atoms with Crippen molar-refractivity contribution in [3.63, 3.8) is 0 Å². The minimum absolute atomic E-state index is 0.0272. The van der Waals surface area contributed by atoms with E-state index in [1.807, 2.05) is 18.3 Å². The molecule has 8 nitrogen and oxygen atoms in total. The van der Waals surface area contributed by atoms with E-state index in [0.29, 0.717) is 30.8 Å². The summed E-state index contributed by atoms with van der Waals surface area (Å²) in [6.45, 7) is 1.39. The maximum atomic E-state index is 12.9. The van der Waals surface area contributed by atoms with Crippen molar-refractivity contribution in [1.29, 1.82) is 0 Å². The quantitative estimate of drug-likeness (QED) is 0.447. The van der Waals surface area contributed by atoms with E-state index in [1.54, 1.807) is 18.6 Å². The molecule has 0 spiro atoms. The molecule has 4 aromatic rings. The summed E-state index contributed by atoms with van der Waals surface area (Å²) in [6, 6.07) is 9.22. The number of rotatable bonds is 5. The summed E-state index contributed by atoms with van der Waals surface area (Å²) in [5.74, 6) is 0.771. The molecule has 1 aliphatic rings. The Morgan fingerprint density at radius 2 is 1.94 bits per heavy atom. The average molecular weight is 468 g/mol. The zero-order valence-electron chi connectivity index (χ0n) is 17.4. The molecule has 0 saturated carbocycles. The fourth-order valence-corrected chi connectivity index (χ4v) is 6.04. The van der Waals surface area contributed by atoms with E-state index in [1.165, 1.54) is 6.07 Å². The molecule has 1 N–H and O–H groups in total. The Bertz CT molecular complexity index is 1390. The lowest BCUT2D eigenvalue weighted by Crippen LogP contribution is -2.36. The Balaban J connectivity index is 1.35. The number of benzene rings is 1. The number of H-pyrrole nitrogens is 1. The molecule has 0 atom stereocenters. The highest BCUT2D eigenvalue weighted by atomic mass is 32.2. The number of carbonyl (C=O) groups excluding carboxylic acids is 1. The van der Waals surface area contributed by atoms with Crippen molar-refractivity contribution in [2.75, 3.05) is 24.2 Å². The summed E-state index contributed by atoms with van der Waals surface area (Å²) in [5.41, 5.74) is 2.90. The fraction of sp³-hybridized carbons (Fsp3) is 0.273. The largest absolute Gasteiger partial charge is 0.356 e. The van der Waals surface area contributed by atoms with Crippen LogP contribution < -0.4 is 4.90 Å². The van der Waals surface area contributed by atoms with Crippen LogP contribution in [0.2, 0.25) is 0 Å². The summed E-state index contributed by atoms with van der Waals surface area (Å²) in [5, 5.41) is 7.83. The molecule has 1 aliphatic heterocycles. The second-order valence-corrected chi connectivity index (χ2v) is 11.3. The van der Waals surface area contributed by atoms with Crippen molar-refractivity contribution >= 4 is 43.7 Å². The SMILES string of the molecule is CS(=O)(=O)c1ccc(C(=O)C2CCN(c3ncnc4ccc(-c5cn[nH]c5)cc34)CC2)s1. The third-order valence-electron chi connectivity index (χ3n) is 5.80. The lowest BCUT2D eigenvalue weighted by Gasteiger charge is -2.32. The zero-order chi connectivity index (χ0) is 22.3. The van der Waals surface area contributed by atoms with Crippen molar-refractivity contribution in [2.45, 2.75) is 17.1 Å². The second-order valence-electron chi connectivity index (χ2n) is 7.93. The van der Waals surface area contributed by atoms with Crippen LogP contribution in [0, 0.1) is 5.92 Å². The minimum atomic E-state index is -3.29. The highest BCUT2D eigenvalue weighted by Crippen LogP contribution is 2.32. The third kappa shape index (κ3) is 3.91. The van der Waals surface area contributed by atoms with Crippen LogP contribution in [0.25, 0.3) is 22.0 Å². The predicted octanol–water partition coefficient (Wildman–Crippen LogP) is 3.58. The number of anilines is 1. The number of hydrogen-bond acceptors (Lipinski definition) is 8. The maximum absolute atomic E-state index is 12.9. The van der Waals surface area contributed by atoms with Crippen LogP contribution in [-0.4, -0.2) is 53.7 Å². The highest BCUT2D eigenvalue weighted by Gasteiger charge is 2.28. The average Bonchev–Trinajstić information content (AvgIpc) is 3.50. The van der Waals surface area contributed by atoms with Crippen LogP contribution in [0.3, 0.4) is 0 Å². The molecule has 10 heteroatoms. The Morgan fingerprint density at radius 3 is 2.62 bits per heavy atom. The van der Waals surface area contributed by atoms with Crippen molar-refractivity contribution in [1.82, 2.24) is 20.2 Å². The van der Waals surface area contributed by atoms with E-state index in [4.69, 9.17) is 0 Å². The standard InChI is InChI=1S/C22H21N5O3S2/c1-32(29,30)20-5-4-19(31-20)21(28)14-6-8-27(9-7-14)22-17-10-15(16-11-25-26-12-16)2-3-18(17)23-13-24-22/h2-5,10-14H,6-9H2,1H3,(H,25,26). The number of piperidine rings is 1. The van der Waals surface area contributed by atoms with Gasteiger partial charge in [-0.15, -0.1) is 11.3 Å². The number of aromatic amines is 1. The Morgan fingerprint density at radius 1 is 1.12 bits per heavy atom. The normalized spacial score (nSPS) is 15.3. The Kier molecular flexibility index (Phi) is 5.26. The summed E-state index contributed by atoms with van der Waals surface area (Å²) >= 11 is 1.06. The fourth-order valence-electron chi connectivity index (χ4n) is 4.09. The molecule has 1 saturated heterocycles. The molecule has 0 radical (unpaired) electrons. The van der Waals surface area contributed by atoms with E-state index >= 15 is 0 Å². The van der Waals surface area contributed by atoms with Gasteiger partial charge in [0, 0.05) is 42.4 Å². The number of ketones is 1. The van der Waals surface area contributed by atoms with Crippen LogP contribution in [-0.2, 0) is 9.84 Å². The second kappa shape index (κ2) is 8.10. The monoisotopic (exact) mass is 467 g/mol. The van der Waals surface area contributed by atoms with E-state index < -0.39 is 9.84 Å². The van der Waals surface area contributed by atoms with E-state index in [-0.39, 0.29) is 15.9 Å². The van der Waals surface area contributed by atoms with Gasteiger partial charge in [-0.25, -0.2) is 18.4 Å². The first-order valence-corrected chi connectivity index (χ1v) is 12.9. The number of thiophene rings is 1. The van der Waals surface area contributed by atoms with Gasteiger partial charge in [0.1, 0.15) is 16.4 Å². The summed E-state index contributed by atoms with van der Waals surface area (Å²) < 4.78 is 23.7. The minimum Gasteiger partial charge on any atom is -0.356 e. The van der Waals surface area contributed by atoms with Gasteiger partial charge in [0.15, 0.2) is 15.6 Å². The van der Waals surface area contributed by atoms with Gasteiger partial charge in [-0.05, 0) is 42.7 Å². The van der Waals surface area contributed by atoms with Crippen molar-refractivity contribution < 1.29 is 13.2 Å². The predicted molar refractivity (Wildman–Crippen MR) is 124 cm³/mol. The lowest BCUT2D eigenvalue weighted by molar-refractivity contribution is 0.0904. The molecule has 4 heterocycles. The van der Waals surface area contributed by atoms with Crippen molar-refractivity contribution in [2.24, 2.45) is 5.92 Å². The molecule has 0 bridgehead atoms. The number of hydrogen-bond donors (Lipinski definition) is 1. The van der Waals surface area contributed by atoms with Gasteiger partial charge in [0.05, 0.1) is 16.6 Å². The molecular formula is C22H21N5O3S2. The van der Waals surface area contributed by atoms with Crippen LogP contribution in [0.15, 0.2) is 53.3 Å². The van der Waals surface area contributed by atoms with Crippen LogP contribution in [0.1, 0.15) is 22.5 Å². The van der Waals surface area contributed by atoms with E-state index in [9.17, 15) is 13.2 Å². The summed E-state index contributed by atoms with van der Waals surface area (Å²) in [7, 11) is -3.29. The molecule has 0 unspecified atom stereocenters. The highest BCUT2D eigenvalue weighted by molar-refractivity contribution is 7.92. The molecule has 1 aromatic carbocycles.